The van der Waals surface area contributed by atoms with Crippen LogP contribution in [0.1, 0.15) is 17.5 Å². The van der Waals surface area contributed by atoms with Gasteiger partial charge < -0.3 is 10.2 Å². The quantitative estimate of drug-likeness (QED) is 0.681. The van der Waals surface area contributed by atoms with Crippen molar-refractivity contribution >= 4 is 13.5 Å². The van der Waals surface area contributed by atoms with E-state index in [4.69, 9.17) is 10.2 Å². The number of aliphatic hydroxyl groups is 2. The Morgan fingerprint density at radius 1 is 1.42 bits per heavy atom. The molecule has 1 heterocycles. The van der Waals surface area contributed by atoms with Crippen LogP contribution in [0.25, 0.3) is 0 Å². The monoisotopic (exact) mass is 188 g/mol. The highest BCUT2D eigenvalue weighted by Gasteiger charge is 2.06. The molecule has 5 heteroatoms. The summed E-state index contributed by atoms with van der Waals surface area (Å²) in [6.07, 6.45) is 2.09. The molecule has 0 saturated heterocycles. The third kappa shape index (κ3) is 2.77. The lowest BCUT2D eigenvalue weighted by Crippen LogP contribution is -2.05. The Balaban J connectivity index is 0.00000121. The van der Waals surface area contributed by atoms with E-state index >= 15 is 0 Å². The molecule has 12 heavy (non-hydrogen) atoms. The average Bonchev–Trinajstić information content (AvgIpc) is 2.05. The lowest BCUT2D eigenvalue weighted by atomic mass is 10.3. The van der Waals surface area contributed by atoms with Gasteiger partial charge in [-0.3, -0.25) is 9.97 Å². The van der Waals surface area contributed by atoms with Gasteiger partial charge in [0.15, 0.2) is 0 Å². The van der Waals surface area contributed by atoms with E-state index in [0.29, 0.717) is 5.69 Å². The minimum absolute atomic E-state index is 0. The summed E-state index contributed by atoms with van der Waals surface area (Å²) in [6.45, 7) is 1.49. The maximum atomic E-state index is 9.07. The van der Waals surface area contributed by atoms with E-state index in [-0.39, 0.29) is 20.1 Å². The molecule has 68 valence electrons. The second-order valence-corrected chi connectivity index (χ2v) is 2.28. The standard InChI is InChI=1S/C7H10N2O2.H2S/c1-5-2-9-6(3-8-5)7(11)4-10;/h2-3,7,10-11H,4H2,1H3;1H2/t7-;/m0./s1. The molecule has 0 aliphatic carbocycles. The number of aromatic nitrogens is 2. The van der Waals surface area contributed by atoms with E-state index in [1.54, 1.807) is 6.20 Å². The minimum Gasteiger partial charge on any atom is -0.393 e. The summed E-state index contributed by atoms with van der Waals surface area (Å²) in [4.78, 5) is 7.79. The summed E-state index contributed by atoms with van der Waals surface area (Å²) in [5.74, 6) is 0. The molecule has 4 nitrogen and oxygen atoms in total. The molecule has 2 N–H and O–H groups in total. The van der Waals surface area contributed by atoms with E-state index < -0.39 is 6.10 Å². The van der Waals surface area contributed by atoms with Crippen LogP contribution in [0.4, 0.5) is 0 Å². The van der Waals surface area contributed by atoms with Crippen LogP contribution < -0.4 is 0 Å². The molecule has 0 aromatic carbocycles. The fourth-order valence-electron chi connectivity index (χ4n) is 0.668. The van der Waals surface area contributed by atoms with Crippen LogP contribution in [0.2, 0.25) is 0 Å². The van der Waals surface area contributed by atoms with Gasteiger partial charge in [0.1, 0.15) is 6.10 Å². The first-order valence-electron chi connectivity index (χ1n) is 3.31. The number of hydrogen-bond acceptors (Lipinski definition) is 4. The van der Waals surface area contributed by atoms with Crippen LogP contribution in [-0.4, -0.2) is 26.8 Å². The number of nitrogens with zero attached hydrogens (tertiary/aromatic N) is 2. The first kappa shape index (κ1) is 11.4. The second kappa shape index (κ2) is 5.08. The maximum absolute atomic E-state index is 9.07. The molecule has 0 unspecified atom stereocenters. The molecule has 0 amide bonds. The van der Waals surface area contributed by atoms with E-state index in [1.807, 2.05) is 6.92 Å². The highest BCUT2D eigenvalue weighted by Crippen LogP contribution is 2.06. The van der Waals surface area contributed by atoms with Gasteiger partial charge in [-0.2, -0.15) is 13.5 Å². The van der Waals surface area contributed by atoms with Gasteiger partial charge in [0.25, 0.3) is 0 Å². The van der Waals surface area contributed by atoms with E-state index in [9.17, 15) is 0 Å². The summed E-state index contributed by atoms with van der Waals surface area (Å²) in [7, 11) is 0. The molecule has 0 saturated carbocycles. The lowest BCUT2D eigenvalue weighted by molar-refractivity contribution is 0.0919. The Labute approximate surface area is 77.7 Å². The first-order chi connectivity index (χ1) is 5.24. The van der Waals surface area contributed by atoms with Crippen molar-refractivity contribution < 1.29 is 10.2 Å². The summed E-state index contributed by atoms with van der Waals surface area (Å²) in [5.41, 5.74) is 1.19. The molecule has 1 aromatic heterocycles. The minimum atomic E-state index is -0.914. The Morgan fingerprint density at radius 3 is 2.50 bits per heavy atom. The van der Waals surface area contributed by atoms with Crippen molar-refractivity contribution in [3.63, 3.8) is 0 Å². The smallest absolute Gasteiger partial charge is 0.120 e. The molecule has 1 rings (SSSR count). The molecular formula is C7H12N2O2S. The van der Waals surface area contributed by atoms with Gasteiger partial charge >= 0.3 is 0 Å². The fourth-order valence-corrected chi connectivity index (χ4v) is 0.668. The van der Waals surface area contributed by atoms with Crippen molar-refractivity contribution in [2.45, 2.75) is 13.0 Å². The molecule has 0 bridgehead atoms. The van der Waals surface area contributed by atoms with Crippen LogP contribution in [-0.2, 0) is 0 Å². The molecule has 0 radical (unpaired) electrons. The van der Waals surface area contributed by atoms with E-state index in [1.165, 1.54) is 6.20 Å². The Bertz CT molecular complexity index is 227. The van der Waals surface area contributed by atoms with Crippen LogP contribution in [0.15, 0.2) is 12.4 Å². The number of aliphatic hydroxyl groups excluding tert-OH is 2. The zero-order valence-electron chi connectivity index (χ0n) is 6.73. The van der Waals surface area contributed by atoms with Crippen LogP contribution in [0, 0.1) is 6.92 Å². The normalized spacial score (nSPS) is 11.9. The molecule has 0 fully saturated rings. The van der Waals surface area contributed by atoms with Crippen molar-refractivity contribution in [2.24, 2.45) is 0 Å². The number of rotatable bonds is 2. The topological polar surface area (TPSA) is 66.2 Å². The van der Waals surface area contributed by atoms with Gasteiger partial charge in [0, 0.05) is 6.20 Å². The number of hydrogen-bond donors (Lipinski definition) is 2. The maximum Gasteiger partial charge on any atom is 0.120 e. The van der Waals surface area contributed by atoms with E-state index in [2.05, 4.69) is 9.97 Å². The van der Waals surface area contributed by atoms with Crippen molar-refractivity contribution in [2.75, 3.05) is 6.61 Å². The van der Waals surface area contributed by atoms with Crippen LogP contribution in [0.5, 0.6) is 0 Å². The van der Waals surface area contributed by atoms with Crippen molar-refractivity contribution in [3.05, 3.63) is 23.8 Å². The molecule has 0 spiro atoms. The fraction of sp³-hybridized carbons (Fsp3) is 0.429. The zero-order chi connectivity index (χ0) is 8.27. The molecule has 1 atom stereocenters. The van der Waals surface area contributed by atoms with Gasteiger partial charge in [-0.1, -0.05) is 0 Å². The predicted molar refractivity (Wildman–Crippen MR) is 49.2 cm³/mol. The van der Waals surface area contributed by atoms with Crippen molar-refractivity contribution in [1.29, 1.82) is 0 Å². The van der Waals surface area contributed by atoms with E-state index in [0.717, 1.165) is 5.69 Å². The molecule has 0 aliphatic rings. The summed E-state index contributed by atoms with van der Waals surface area (Å²) < 4.78 is 0. The first-order valence-corrected chi connectivity index (χ1v) is 3.31. The van der Waals surface area contributed by atoms with Crippen LogP contribution in [0.3, 0.4) is 0 Å². The molecule has 1 aromatic rings. The molecule has 0 aliphatic heterocycles. The largest absolute Gasteiger partial charge is 0.393 e. The summed E-state index contributed by atoms with van der Waals surface area (Å²) in [6, 6.07) is 0. The van der Waals surface area contributed by atoms with Gasteiger partial charge in [0.05, 0.1) is 24.2 Å². The van der Waals surface area contributed by atoms with Gasteiger partial charge in [-0.25, -0.2) is 0 Å². The Hall–Kier alpha value is -0.650. The summed E-state index contributed by atoms with van der Waals surface area (Å²) >= 11 is 0. The highest BCUT2D eigenvalue weighted by atomic mass is 32.1. The van der Waals surface area contributed by atoms with Gasteiger partial charge in [-0.05, 0) is 6.92 Å². The van der Waals surface area contributed by atoms with Gasteiger partial charge in [-0.15, -0.1) is 0 Å². The highest BCUT2D eigenvalue weighted by molar-refractivity contribution is 7.59. The molecular weight excluding hydrogens is 176 g/mol. The van der Waals surface area contributed by atoms with Crippen molar-refractivity contribution in [1.82, 2.24) is 9.97 Å². The Kier molecular flexibility index (Phi) is 4.80. The zero-order valence-corrected chi connectivity index (χ0v) is 7.73. The average molecular weight is 188 g/mol. The SMILES string of the molecule is Cc1cnc([C@@H](O)CO)cn1.S. The predicted octanol–water partition coefficient (Wildman–Crippen LogP) is -0.0765. The number of aryl methyl sites for hydroxylation is 1. The van der Waals surface area contributed by atoms with Gasteiger partial charge in [0.2, 0.25) is 0 Å². The summed E-state index contributed by atoms with van der Waals surface area (Å²) in [5, 5.41) is 17.6. The third-order valence-electron chi connectivity index (χ3n) is 1.32. The van der Waals surface area contributed by atoms with Crippen molar-refractivity contribution in [3.8, 4) is 0 Å². The third-order valence-corrected chi connectivity index (χ3v) is 1.32. The second-order valence-electron chi connectivity index (χ2n) is 2.28. The van der Waals surface area contributed by atoms with Crippen LogP contribution >= 0.6 is 13.5 Å². The lowest BCUT2D eigenvalue weighted by Gasteiger charge is -2.04. The Morgan fingerprint density at radius 2 is 2.08 bits per heavy atom.